The summed E-state index contributed by atoms with van der Waals surface area (Å²) in [4.78, 5) is 15.4. The lowest BCUT2D eigenvalue weighted by Gasteiger charge is -1.98. The van der Waals surface area contributed by atoms with E-state index in [-0.39, 0.29) is 10.4 Å². The topological polar surface area (TPSA) is 43.1 Å². The second kappa shape index (κ2) is 4.45. The van der Waals surface area contributed by atoms with Gasteiger partial charge in [-0.15, -0.1) is 11.3 Å². The standard InChI is InChI=1S/C13H6F3NO2S/c14-13(15,16)12-17-5-10(20-12)11(18)8-6-19-9-4-2-1-3-7(8)9/h1-6H. The van der Waals surface area contributed by atoms with Crippen molar-refractivity contribution in [2.75, 3.05) is 0 Å². The maximum absolute atomic E-state index is 12.5. The summed E-state index contributed by atoms with van der Waals surface area (Å²) in [6, 6.07) is 6.83. The van der Waals surface area contributed by atoms with Crippen molar-refractivity contribution in [3.05, 3.63) is 52.2 Å². The molecule has 3 rings (SSSR count). The minimum atomic E-state index is -4.54. The fourth-order valence-electron chi connectivity index (χ4n) is 1.80. The summed E-state index contributed by atoms with van der Waals surface area (Å²) in [5.74, 6) is -0.525. The Bertz CT molecular complexity index is 788. The number of carbonyl (C=O) groups is 1. The maximum Gasteiger partial charge on any atom is 0.443 e. The summed E-state index contributed by atoms with van der Waals surface area (Å²) in [5, 5.41) is -0.465. The fourth-order valence-corrected chi connectivity index (χ4v) is 2.53. The van der Waals surface area contributed by atoms with E-state index >= 15 is 0 Å². The Labute approximate surface area is 114 Å². The number of thiazole rings is 1. The Morgan fingerprint density at radius 1 is 1.25 bits per heavy atom. The van der Waals surface area contributed by atoms with Gasteiger partial charge in [-0.3, -0.25) is 4.79 Å². The number of alkyl halides is 3. The lowest BCUT2D eigenvalue weighted by Crippen LogP contribution is -2.03. The number of nitrogens with zero attached hydrogens (tertiary/aromatic N) is 1. The summed E-state index contributed by atoms with van der Waals surface area (Å²) in [6.45, 7) is 0. The molecule has 102 valence electrons. The first-order chi connectivity index (χ1) is 9.47. The Balaban J connectivity index is 2.03. The minimum Gasteiger partial charge on any atom is -0.464 e. The molecule has 0 spiro atoms. The van der Waals surface area contributed by atoms with Crippen molar-refractivity contribution in [2.45, 2.75) is 6.18 Å². The third kappa shape index (κ3) is 2.09. The zero-order valence-electron chi connectivity index (χ0n) is 9.77. The number of halogens is 3. The molecule has 0 radical (unpaired) electrons. The molecule has 0 fully saturated rings. The molecule has 3 aromatic rings. The van der Waals surface area contributed by atoms with Crippen LogP contribution in [0.25, 0.3) is 11.0 Å². The van der Waals surface area contributed by atoms with Crippen LogP contribution in [0, 0.1) is 0 Å². The number of hydrogen-bond acceptors (Lipinski definition) is 4. The van der Waals surface area contributed by atoms with E-state index in [2.05, 4.69) is 4.98 Å². The molecule has 2 aromatic heterocycles. The Morgan fingerprint density at radius 2 is 2.00 bits per heavy atom. The summed E-state index contributed by atoms with van der Waals surface area (Å²) in [7, 11) is 0. The molecule has 0 aliphatic carbocycles. The molecule has 0 saturated heterocycles. The van der Waals surface area contributed by atoms with Crippen LogP contribution in [-0.2, 0) is 6.18 Å². The number of para-hydroxylation sites is 1. The van der Waals surface area contributed by atoms with Gasteiger partial charge in [-0.1, -0.05) is 18.2 Å². The van der Waals surface area contributed by atoms with E-state index in [0.29, 0.717) is 22.3 Å². The van der Waals surface area contributed by atoms with Crippen LogP contribution in [0.15, 0.2) is 41.1 Å². The highest BCUT2D eigenvalue weighted by Crippen LogP contribution is 2.34. The van der Waals surface area contributed by atoms with Crippen molar-refractivity contribution in [1.29, 1.82) is 0 Å². The van der Waals surface area contributed by atoms with Gasteiger partial charge in [0.15, 0.2) is 5.01 Å². The monoisotopic (exact) mass is 297 g/mol. The van der Waals surface area contributed by atoms with E-state index in [0.717, 1.165) is 6.20 Å². The molecule has 20 heavy (non-hydrogen) atoms. The third-order valence-corrected chi connectivity index (χ3v) is 3.74. The highest BCUT2D eigenvalue weighted by molar-refractivity contribution is 7.14. The van der Waals surface area contributed by atoms with Crippen LogP contribution in [0.4, 0.5) is 13.2 Å². The number of carbonyl (C=O) groups excluding carboxylic acids is 1. The molecule has 0 aliphatic rings. The van der Waals surface area contributed by atoms with Gasteiger partial charge in [0.1, 0.15) is 11.8 Å². The normalized spacial score (nSPS) is 11.9. The van der Waals surface area contributed by atoms with Crippen LogP contribution in [0.1, 0.15) is 20.2 Å². The predicted molar refractivity (Wildman–Crippen MR) is 66.8 cm³/mol. The summed E-state index contributed by atoms with van der Waals surface area (Å²) in [6.07, 6.45) is -2.35. The zero-order valence-corrected chi connectivity index (χ0v) is 10.6. The van der Waals surface area contributed by atoms with Crippen molar-refractivity contribution < 1.29 is 22.4 Å². The Kier molecular flexibility index (Phi) is 2.86. The van der Waals surface area contributed by atoms with E-state index in [1.807, 2.05) is 0 Å². The van der Waals surface area contributed by atoms with Crippen molar-refractivity contribution in [3.63, 3.8) is 0 Å². The maximum atomic E-state index is 12.5. The number of fused-ring (bicyclic) bond motifs is 1. The smallest absolute Gasteiger partial charge is 0.443 e. The number of rotatable bonds is 2. The van der Waals surface area contributed by atoms with Crippen molar-refractivity contribution in [3.8, 4) is 0 Å². The molecular formula is C13H6F3NO2S. The van der Waals surface area contributed by atoms with Gasteiger partial charge in [0.2, 0.25) is 5.78 Å². The number of benzene rings is 1. The lowest BCUT2D eigenvalue weighted by molar-refractivity contribution is -0.137. The lowest BCUT2D eigenvalue weighted by atomic mass is 10.1. The first kappa shape index (κ1) is 12.9. The van der Waals surface area contributed by atoms with Gasteiger partial charge >= 0.3 is 6.18 Å². The van der Waals surface area contributed by atoms with Gasteiger partial charge < -0.3 is 4.42 Å². The van der Waals surface area contributed by atoms with Gasteiger partial charge in [-0.2, -0.15) is 13.2 Å². The molecule has 0 aliphatic heterocycles. The molecule has 0 bridgehead atoms. The largest absolute Gasteiger partial charge is 0.464 e. The minimum absolute atomic E-state index is 0.0659. The average molecular weight is 297 g/mol. The summed E-state index contributed by atoms with van der Waals surface area (Å²) >= 11 is 0.327. The second-order valence-corrected chi connectivity index (χ2v) is 5.03. The summed E-state index contributed by atoms with van der Waals surface area (Å²) < 4.78 is 42.6. The second-order valence-electron chi connectivity index (χ2n) is 4.00. The first-order valence-corrected chi connectivity index (χ1v) is 6.32. The van der Waals surface area contributed by atoms with E-state index in [9.17, 15) is 18.0 Å². The Morgan fingerprint density at radius 3 is 2.70 bits per heavy atom. The fraction of sp³-hybridized carbons (Fsp3) is 0.0769. The van der Waals surface area contributed by atoms with Gasteiger partial charge in [-0.25, -0.2) is 4.98 Å². The third-order valence-electron chi connectivity index (χ3n) is 2.70. The zero-order chi connectivity index (χ0) is 14.3. The van der Waals surface area contributed by atoms with E-state index in [1.54, 1.807) is 24.3 Å². The van der Waals surface area contributed by atoms with E-state index < -0.39 is 17.0 Å². The highest BCUT2D eigenvalue weighted by Gasteiger charge is 2.35. The molecule has 3 nitrogen and oxygen atoms in total. The molecule has 0 N–H and O–H groups in total. The number of aromatic nitrogens is 1. The van der Waals surface area contributed by atoms with Crippen molar-refractivity contribution >= 4 is 28.1 Å². The molecule has 0 unspecified atom stereocenters. The molecule has 2 heterocycles. The number of furan rings is 1. The molecular weight excluding hydrogens is 291 g/mol. The molecule has 0 saturated carbocycles. The molecule has 1 aromatic carbocycles. The van der Waals surface area contributed by atoms with Crippen LogP contribution < -0.4 is 0 Å². The van der Waals surface area contributed by atoms with Crippen LogP contribution in [0.5, 0.6) is 0 Å². The first-order valence-electron chi connectivity index (χ1n) is 5.51. The SMILES string of the molecule is O=C(c1cnc(C(F)(F)F)s1)c1coc2ccccc12. The van der Waals surface area contributed by atoms with E-state index in [1.165, 1.54) is 6.26 Å². The van der Waals surface area contributed by atoms with Gasteiger partial charge in [0.05, 0.1) is 10.4 Å². The Hall–Kier alpha value is -2.15. The average Bonchev–Trinajstić information content (AvgIpc) is 3.04. The van der Waals surface area contributed by atoms with Gasteiger partial charge in [-0.05, 0) is 6.07 Å². The predicted octanol–water partition coefficient (Wildman–Crippen LogP) is 4.14. The summed E-state index contributed by atoms with van der Waals surface area (Å²) in [5.41, 5.74) is 0.745. The number of ketones is 1. The van der Waals surface area contributed by atoms with Gasteiger partial charge in [0.25, 0.3) is 0 Å². The van der Waals surface area contributed by atoms with Gasteiger partial charge in [0, 0.05) is 11.6 Å². The van der Waals surface area contributed by atoms with Crippen LogP contribution in [0.2, 0.25) is 0 Å². The van der Waals surface area contributed by atoms with Crippen LogP contribution in [0.3, 0.4) is 0 Å². The molecule has 0 atom stereocenters. The van der Waals surface area contributed by atoms with E-state index in [4.69, 9.17) is 4.42 Å². The van der Waals surface area contributed by atoms with Crippen LogP contribution in [-0.4, -0.2) is 10.8 Å². The molecule has 0 amide bonds. The molecule has 7 heteroatoms. The quantitative estimate of drug-likeness (QED) is 0.668. The highest BCUT2D eigenvalue weighted by atomic mass is 32.1. The van der Waals surface area contributed by atoms with Crippen molar-refractivity contribution in [1.82, 2.24) is 4.98 Å². The van der Waals surface area contributed by atoms with Crippen molar-refractivity contribution in [2.24, 2.45) is 0 Å². The number of hydrogen-bond donors (Lipinski definition) is 0. The van der Waals surface area contributed by atoms with Crippen LogP contribution >= 0.6 is 11.3 Å².